The van der Waals surface area contributed by atoms with Crippen molar-refractivity contribution in [1.82, 2.24) is 15.1 Å². The number of halogens is 1. The topological polar surface area (TPSA) is 41.5 Å². The Bertz CT molecular complexity index is 625. The van der Waals surface area contributed by atoms with E-state index >= 15 is 0 Å². The highest BCUT2D eigenvalue weighted by Crippen LogP contribution is 2.15. The van der Waals surface area contributed by atoms with Gasteiger partial charge < -0.3 is 9.64 Å². The van der Waals surface area contributed by atoms with E-state index in [4.69, 9.17) is 4.74 Å². The van der Waals surface area contributed by atoms with Gasteiger partial charge in [0, 0.05) is 45.0 Å². The summed E-state index contributed by atoms with van der Waals surface area (Å²) >= 11 is 0. The van der Waals surface area contributed by atoms with Gasteiger partial charge in [0.05, 0.1) is 12.7 Å². The Balaban J connectivity index is 1.57. The number of likely N-dealkylation sites (N-methyl/N-ethyl adjacent to an activating group) is 1. The van der Waals surface area contributed by atoms with Crippen LogP contribution in [0.2, 0.25) is 0 Å². The second-order valence-corrected chi connectivity index (χ2v) is 5.78. The maximum Gasteiger partial charge on any atom is 0.151 e. The van der Waals surface area contributed by atoms with Crippen LogP contribution in [0.15, 0.2) is 42.6 Å². The Morgan fingerprint density at radius 2 is 2.17 bits per heavy atom. The van der Waals surface area contributed by atoms with Crippen LogP contribution in [0.1, 0.15) is 5.56 Å². The van der Waals surface area contributed by atoms with E-state index < -0.39 is 0 Å². The summed E-state index contributed by atoms with van der Waals surface area (Å²) in [5, 5.41) is 7.99. The molecule has 1 aromatic heterocycles. The van der Waals surface area contributed by atoms with Crippen LogP contribution in [0.4, 0.5) is 10.2 Å². The zero-order chi connectivity index (χ0) is 16.1. The van der Waals surface area contributed by atoms with E-state index in [-0.39, 0.29) is 11.9 Å². The molecule has 0 bridgehead atoms. The van der Waals surface area contributed by atoms with Gasteiger partial charge in [-0.25, -0.2) is 4.39 Å². The predicted octanol–water partition coefficient (Wildman–Crippen LogP) is 1.95. The van der Waals surface area contributed by atoms with Gasteiger partial charge >= 0.3 is 0 Å². The van der Waals surface area contributed by atoms with Crippen molar-refractivity contribution in [1.29, 1.82) is 0 Å². The molecule has 0 amide bonds. The second-order valence-electron chi connectivity index (χ2n) is 5.78. The molecule has 5 nitrogen and oxygen atoms in total. The SMILES string of the molecule is CN(CC1CN(Cc2ccccc2F)CCO1)c1cccnn1. The van der Waals surface area contributed by atoms with Crippen LogP contribution in [0.5, 0.6) is 0 Å². The number of hydrogen-bond donors (Lipinski definition) is 0. The lowest BCUT2D eigenvalue weighted by atomic mass is 10.1. The molecule has 1 unspecified atom stereocenters. The van der Waals surface area contributed by atoms with Crippen LogP contribution >= 0.6 is 0 Å². The molecule has 0 aliphatic carbocycles. The molecule has 0 radical (unpaired) electrons. The average Bonchev–Trinajstić information content (AvgIpc) is 2.58. The Morgan fingerprint density at radius 3 is 2.96 bits per heavy atom. The standard InChI is InChI=1S/C17H21FN4O/c1-21(17-7-4-8-19-20-17)12-15-13-22(9-10-23-15)11-14-5-2-3-6-16(14)18/h2-8,15H,9-13H2,1H3. The lowest BCUT2D eigenvalue weighted by Gasteiger charge is -2.35. The molecular formula is C17H21FN4O. The minimum atomic E-state index is -0.146. The maximum atomic E-state index is 13.8. The average molecular weight is 316 g/mol. The molecule has 0 saturated carbocycles. The summed E-state index contributed by atoms with van der Waals surface area (Å²) in [6.45, 7) is 3.60. The number of benzene rings is 1. The van der Waals surface area contributed by atoms with E-state index in [9.17, 15) is 4.39 Å². The third-order valence-corrected chi connectivity index (χ3v) is 4.00. The Kier molecular flexibility index (Phi) is 5.15. The predicted molar refractivity (Wildman–Crippen MR) is 86.7 cm³/mol. The fraction of sp³-hybridized carbons (Fsp3) is 0.412. The number of ether oxygens (including phenoxy) is 1. The first kappa shape index (κ1) is 15.8. The van der Waals surface area contributed by atoms with Crippen molar-refractivity contribution in [2.75, 3.05) is 38.2 Å². The smallest absolute Gasteiger partial charge is 0.151 e. The molecule has 1 aliphatic rings. The first-order valence-corrected chi connectivity index (χ1v) is 7.78. The van der Waals surface area contributed by atoms with Gasteiger partial charge in [-0.2, -0.15) is 5.10 Å². The Hall–Kier alpha value is -2.05. The molecule has 2 heterocycles. The van der Waals surface area contributed by atoms with E-state index in [0.717, 1.165) is 31.0 Å². The summed E-state index contributed by atoms with van der Waals surface area (Å²) in [5.74, 6) is 0.676. The van der Waals surface area contributed by atoms with E-state index in [1.54, 1.807) is 12.3 Å². The molecule has 0 spiro atoms. The van der Waals surface area contributed by atoms with Crippen LogP contribution in [-0.2, 0) is 11.3 Å². The number of rotatable bonds is 5. The van der Waals surface area contributed by atoms with Crippen molar-refractivity contribution in [3.63, 3.8) is 0 Å². The first-order valence-electron chi connectivity index (χ1n) is 7.78. The fourth-order valence-corrected chi connectivity index (χ4v) is 2.80. The van der Waals surface area contributed by atoms with Gasteiger partial charge in [-0.3, -0.25) is 4.90 Å². The summed E-state index contributed by atoms with van der Waals surface area (Å²) in [7, 11) is 1.98. The molecule has 1 fully saturated rings. The molecular weight excluding hydrogens is 295 g/mol. The molecule has 122 valence electrons. The van der Waals surface area contributed by atoms with Gasteiger partial charge in [-0.05, 0) is 18.2 Å². The fourth-order valence-electron chi connectivity index (χ4n) is 2.80. The molecule has 2 aromatic rings. The van der Waals surface area contributed by atoms with Crippen LogP contribution in [0.25, 0.3) is 0 Å². The summed E-state index contributed by atoms with van der Waals surface area (Å²) in [6, 6.07) is 10.7. The van der Waals surface area contributed by atoms with Crippen molar-refractivity contribution in [2.24, 2.45) is 0 Å². The monoisotopic (exact) mass is 316 g/mol. The van der Waals surface area contributed by atoms with Crippen LogP contribution in [0, 0.1) is 5.82 Å². The number of hydrogen-bond acceptors (Lipinski definition) is 5. The Morgan fingerprint density at radius 1 is 1.30 bits per heavy atom. The number of nitrogens with zero attached hydrogens (tertiary/aromatic N) is 4. The number of aromatic nitrogens is 2. The molecule has 6 heteroatoms. The summed E-state index contributed by atoms with van der Waals surface area (Å²) in [4.78, 5) is 4.27. The van der Waals surface area contributed by atoms with Crippen LogP contribution < -0.4 is 4.90 Å². The van der Waals surface area contributed by atoms with Crippen molar-refractivity contribution in [3.05, 3.63) is 54.0 Å². The van der Waals surface area contributed by atoms with Crippen LogP contribution in [0.3, 0.4) is 0 Å². The third kappa shape index (κ3) is 4.24. The van der Waals surface area contributed by atoms with Gasteiger partial charge in [-0.1, -0.05) is 18.2 Å². The normalized spacial score (nSPS) is 18.8. The maximum absolute atomic E-state index is 13.8. The summed E-state index contributed by atoms with van der Waals surface area (Å²) in [6.07, 6.45) is 1.73. The molecule has 1 aliphatic heterocycles. The zero-order valence-corrected chi connectivity index (χ0v) is 13.2. The lowest BCUT2D eigenvalue weighted by molar-refractivity contribution is -0.0267. The van der Waals surface area contributed by atoms with Gasteiger partial charge in [0.1, 0.15) is 5.82 Å². The second kappa shape index (κ2) is 7.48. The van der Waals surface area contributed by atoms with Gasteiger partial charge in [0.2, 0.25) is 0 Å². The first-order chi connectivity index (χ1) is 11.2. The highest BCUT2D eigenvalue weighted by molar-refractivity contribution is 5.35. The molecule has 0 N–H and O–H groups in total. The third-order valence-electron chi connectivity index (χ3n) is 4.00. The molecule has 1 saturated heterocycles. The van der Waals surface area contributed by atoms with E-state index in [0.29, 0.717) is 13.2 Å². The van der Waals surface area contributed by atoms with Crippen LogP contribution in [-0.4, -0.2) is 54.5 Å². The van der Waals surface area contributed by atoms with Gasteiger partial charge in [0.15, 0.2) is 5.82 Å². The minimum Gasteiger partial charge on any atom is -0.374 e. The minimum absolute atomic E-state index is 0.0718. The van der Waals surface area contributed by atoms with E-state index in [1.165, 1.54) is 6.07 Å². The largest absolute Gasteiger partial charge is 0.374 e. The highest BCUT2D eigenvalue weighted by Gasteiger charge is 2.23. The van der Waals surface area contributed by atoms with Crippen molar-refractivity contribution >= 4 is 5.82 Å². The molecule has 1 atom stereocenters. The summed E-state index contributed by atoms with van der Waals surface area (Å²) in [5.41, 5.74) is 0.732. The highest BCUT2D eigenvalue weighted by atomic mass is 19.1. The van der Waals surface area contributed by atoms with Crippen molar-refractivity contribution in [3.8, 4) is 0 Å². The lowest BCUT2D eigenvalue weighted by Crippen LogP contribution is -2.46. The molecule has 1 aromatic carbocycles. The molecule has 23 heavy (non-hydrogen) atoms. The van der Waals surface area contributed by atoms with Crippen molar-refractivity contribution < 1.29 is 9.13 Å². The van der Waals surface area contributed by atoms with Gasteiger partial charge in [-0.15, -0.1) is 5.10 Å². The summed E-state index contributed by atoms with van der Waals surface area (Å²) < 4.78 is 19.6. The zero-order valence-electron chi connectivity index (χ0n) is 13.2. The van der Waals surface area contributed by atoms with Crippen molar-refractivity contribution in [2.45, 2.75) is 12.6 Å². The van der Waals surface area contributed by atoms with E-state index in [1.807, 2.05) is 36.2 Å². The quantitative estimate of drug-likeness (QED) is 0.843. The Labute approximate surface area is 135 Å². The van der Waals surface area contributed by atoms with E-state index in [2.05, 4.69) is 15.1 Å². The van der Waals surface area contributed by atoms with Gasteiger partial charge in [0.25, 0.3) is 0 Å². The number of anilines is 1. The molecule has 3 rings (SSSR count). The number of morpholine rings is 1.